The second kappa shape index (κ2) is 14.7. The third-order valence-electron chi connectivity index (χ3n) is 11.8. The van der Waals surface area contributed by atoms with E-state index in [1.807, 2.05) is 30.3 Å². The molecule has 0 N–H and O–H groups in total. The summed E-state index contributed by atoms with van der Waals surface area (Å²) in [6.45, 7) is 0. The van der Waals surface area contributed by atoms with E-state index in [1.54, 1.807) is 0 Å². The first-order valence-electron chi connectivity index (χ1n) is 20.8. The van der Waals surface area contributed by atoms with E-state index in [4.69, 9.17) is 19.9 Å². The minimum absolute atomic E-state index is 0.551. The van der Waals surface area contributed by atoms with E-state index in [9.17, 15) is 0 Å². The Kier molecular flexibility index (Phi) is 8.38. The molecular weight excluding hydrogens is 757 g/mol. The highest BCUT2D eigenvalue weighted by Crippen LogP contribution is 2.40. The topological polar surface area (TPSA) is 61.4 Å². The second-order valence-electron chi connectivity index (χ2n) is 15.5. The van der Waals surface area contributed by atoms with Crippen LogP contribution in [0.15, 0.2) is 218 Å². The number of benzene rings is 8. The van der Waals surface area contributed by atoms with E-state index >= 15 is 0 Å². The molecule has 8 aromatic carbocycles. The molecule has 0 atom stereocenters. The molecule has 0 saturated heterocycles. The summed E-state index contributed by atoms with van der Waals surface area (Å²) in [6.07, 6.45) is 0. The fourth-order valence-electron chi connectivity index (χ4n) is 8.83. The zero-order valence-electron chi connectivity index (χ0n) is 33.5. The van der Waals surface area contributed by atoms with Gasteiger partial charge in [0, 0.05) is 49.5 Å². The second-order valence-corrected chi connectivity index (χ2v) is 15.5. The van der Waals surface area contributed by atoms with Crippen molar-refractivity contribution < 1.29 is 0 Å². The molecule has 0 fully saturated rings. The Bertz CT molecular complexity index is 3540. The van der Waals surface area contributed by atoms with Gasteiger partial charge in [0.2, 0.25) is 5.95 Å². The maximum atomic E-state index is 5.30. The highest BCUT2D eigenvalue weighted by atomic mass is 15.2. The van der Waals surface area contributed by atoms with E-state index in [0.717, 1.165) is 83.3 Å². The normalized spacial score (nSPS) is 11.5. The Hall–Kier alpha value is -8.48. The minimum Gasteiger partial charge on any atom is -0.309 e. The highest BCUT2D eigenvalue weighted by Gasteiger charge is 2.21. The van der Waals surface area contributed by atoms with Crippen molar-refractivity contribution in [1.29, 1.82) is 0 Å². The van der Waals surface area contributed by atoms with Gasteiger partial charge < -0.3 is 4.57 Å². The summed E-state index contributed by atoms with van der Waals surface area (Å²) in [5.41, 5.74) is 13.4. The predicted octanol–water partition coefficient (Wildman–Crippen LogP) is 13.8. The summed E-state index contributed by atoms with van der Waals surface area (Å²) in [4.78, 5) is 20.9. The van der Waals surface area contributed by atoms with Crippen LogP contribution in [-0.2, 0) is 0 Å². The quantitative estimate of drug-likeness (QED) is 0.161. The predicted molar refractivity (Wildman–Crippen MR) is 253 cm³/mol. The average molecular weight is 793 g/mol. The van der Waals surface area contributed by atoms with E-state index in [2.05, 4.69) is 197 Å². The van der Waals surface area contributed by atoms with Crippen LogP contribution in [0.1, 0.15) is 0 Å². The van der Waals surface area contributed by atoms with Crippen molar-refractivity contribution in [2.75, 3.05) is 0 Å². The molecule has 12 rings (SSSR count). The maximum absolute atomic E-state index is 5.30. The van der Waals surface area contributed by atoms with Gasteiger partial charge in [0.1, 0.15) is 0 Å². The maximum Gasteiger partial charge on any atom is 0.238 e. The molecule has 0 spiro atoms. The van der Waals surface area contributed by atoms with Crippen molar-refractivity contribution in [3.05, 3.63) is 218 Å². The van der Waals surface area contributed by atoms with E-state index in [1.165, 1.54) is 10.8 Å². The Morgan fingerprint density at radius 3 is 1.29 bits per heavy atom. The number of fused-ring (bicyclic) bond motifs is 6. The van der Waals surface area contributed by atoms with Gasteiger partial charge >= 0.3 is 0 Å². The van der Waals surface area contributed by atoms with Crippen LogP contribution in [0.4, 0.5) is 0 Å². The molecule has 4 heterocycles. The summed E-state index contributed by atoms with van der Waals surface area (Å²) >= 11 is 0. The Morgan fingerprint density at radius 2 is 0.694 bits per heavy atom. The molecule has 6 heteroatoms. The fraction of sp³-hybridized carbons (Fsp3) is 0. The summed E-state index contributed by atoms with van der Waals surface area (Å²) in [7, 11) is 0. The number of aromatic nitrogens is 6. The molecular formula is C56H36N6. The van der Waals surface area contributed by atoms with E-state index in [0.29, 0.717) is 17.6 Å². The molecule has 6 nitrogen and oxygen atoms in total. The van der Waals surface area contributed by atoms with Crippen LogP contribution in [0.3, 0.4) is 0 Å². The Balaban J connectivity index is 1.05. The van der Waals surface area contributed by atoms with Gasteiger partial charge in [0.15, 0.2) is 11.6 Å². The number of pyridine rings is 1. The smallest absolute Gasteiger partial charge is 0.238 e. The molecule has 0 aliphatic rings. The van der Waals surface area contributed by atoms with Gasteiger partial charge in [-0.3, -0.25) is 4.57 Å². The van der Waals surface area contributed by atoms with Gasteiger partial charge in [0.05, 0.1) is 33.5 Å². The van der Waals surface area contributed by atoms with Gasteiger partial charge in [-0.1, -0.05) is 170 Å². The van der Waals surface area contributed by atoms with Crippen LogP contribution in [0.2, 0.25) is 0 Å². The van der Waals surface area contributed by atoms with Crippen LogP contribution in [0.5, 0.6) is 0 Å². The largest absolute Gasteiger partial charge is 0.309 e. The number of hydrogen-bond acceptors (Lipinski definition) is 4. The van der Waals surface area contributed by atoms with Gasteiger partial charge in [-0.25, -0.2) is 9.97 Å². The molecule has 0 aliphatic carbocycles. The van der Waals surface area contributed by atoms with Crippen LogP contribution < -0.4 is 0 Å². The molecule has 290 valence electrons. The molecule has 0 unspecified atom stereocenters. The lowest BCUT2D eigenvalue weighted by molar-refractivity contribution is 0.953. The molecule has 0 amide bonds. The number of para-hydroxylation sites is 3. The molecule has 0 aliphatic heterocycles. The molecule has 62 heavy (non-hydrogen) atoms. The van der Waals surface area contributed by atoms with Crippen molar-refractivity contribution in [3.8, 4) is 68.1 Å². The lowest BCUT2D eigenvalue weighted by Crippen LogP contribution is -2.06. The lowest BCUT2D eigenvalue weighted by atomic mass is 9.99. The summed E-state index contributed by atoms with van der Waals surface area (Å²) in [6, 6.07) is 76.2. The first-order chi connectivity index (χ1) is 30.7. The lowest BCUT2D eigenvalue weighted by Gasteiger charge is -2.12. The van der Waals surface area contributed by atoms with Crippen LogP contribution in [0.25, 0.3) is 112 Å². The third kappa shape index (κ3) is 6.04. The van der Waals surface area contributed by atoms with Gasteiger partial charge in [-0.2, -0.15) is 9.97 Å². The van der Waals surface area contributed by atoms with Crippen molar-refractivity contribution in [3.63, 3.8) is 0 Å². The van der Waals surface area contributed by atoms with Gasteiger partial charge in [0.25, 0.3) is 0 Å². The van der Waals surface area contributed by atoms with Crippen molar-refractivity contribution in [1.82, 2.24) is 29.1 Å². The molecule has 0 radical (unpaired) electrons. The van der Waals surface area contributed by atoms with Crippen molar-refractivity contribution in [2.45, 2.75) is 0 Å². The van der Waals surface area contributed by atoms with Crippen molar-refractivity contribution in [2.24, 2.45) is 0 Å². The first-order valence-corrected chi connectivity index (χ1v) is 20.8. The summed E-state index contributed by atoms with van der Waals surface area (Å²) < 4.78 is 4.56. The molecule has 4 aromatic heterocycles. The van der Waals surface area contributed by atoms with Gasteiger partial charge in [-0.15, -0.1) is 0 Å². The summed E-state index contributed by atoms with van der Waals surface area (Å²) in [5.74, 6) is 1.74. The van der Waals surface area contributed by atoms with Crippen molar-refractivity contribution >= 4 is 43.6 Å². The minimum atomic E-state index is 0.551. The molecule has 12 aromatic rings. The first kappa shape index (κ1) is 35.5. The highest BCUT2D eigenvalue weighted by molar-refractivity contribution is 6.19. The number of hydrogen-bond donors (Lipinski definition) is 0. The van der Waals surface area contributed by atoms with E-state index < -0.39 is 0 Å². The molecule has 0 saturated carbocycles. The monoisotopic (exact) mass is 792 g/mol. The van der Waals surface area contributed by atoms with Crippen LogP contribution >= 0.6 is 0 Å². The Labute approximate surface area is 357 Å². The zero-order chi connectivity index (χ0) is 41.0. The fourth-order valence-corrected chi connectivity index (χ4v) is 8.83. The van der Waals surface area contributed by atoms with E-state index in [-0.39, 0.29) is 0 Å². The Morgan fingerprint density at radius 1 is 0.258 bits per heavy atom. The summed E-state index contributed by atoms with van der Waals surface area (Å²) in [5, 5.41) is 4.67. The zero-order valence-corrected chi connectivity index (χ0v) is 33.5. The standard InChI is InChI=1S/C56H36N6/c1-5-17-37(18-6-1)42-33-48(38-19-7-2-8-20-38)57-49(34-42)39-29-31-41(32-30-39)55-58-54(40-21-9-3-10-22-40)59-56(60-55)62-51-28-16-14-26-45(51)47-35-46-44-25-13-15-27-50(44)61(52(46)36-53(47)62)43-23-11-4-12-24-43/h1-36H. The number of nitrogens with zero attached hydrogens (tertiary/aromatic N) is 6. The average Bonchev–Trinajstić information content (AvgIpc) is 3.86. The van der Waals surface area contributed by atoms with Crippen LogP contribution in [0, 0.1) is 0 Å². The van der Waals surface area contributed by atoms with Crippen LogP contribution in [-0.4, -0.2) is 29.1 Å². The molecule has 0 bridgehead atoms. The van der Waals surface area contributed by atoms with Gasteiger partial charge in [-0.05, 0) is 59.7 Å². The SMILES string of the molecule is c1ccc(-c2cc(-c3ccccc3)nc(-c3ccc(-c4nc(-c5ccccc5)nc(-n5c6ccccc6c6cc7c8ccccc8n(-c8ccccc8)c7cc65)n4)cc3)c2)cc1. The number of rotatable bonds is 7. The third-order valence-corrected chi connectivity index (χ3v) is 11.8.